The highest BCUT2D eigenvalue weighted by Gasteiger charge is 2.31. The van der Waals surface area contributed by atoms with Gasteiger partial charge in [-0.2, -0.15) is 0 Å². The monoisotopic (exact) mass is 318 g/mol. The molecule has 3 aromatic carbocycles. The van der Waals surface area contributed by atoms with Crippen molar-refractivity contribution in [3.8, 4) is 11.5 Å². The molecule has 118 valence electrons. The topological polar surface area (TPSA) is 72.6 Å². The number of nitrogens with zero attached hydrogens (tertiary/aromatic N) is 1. The quantitative estimate of drug-likeness (QED) is 0.446. The second-order valence-corrected chi connectivity index (χ2v) is 5.73. The summed E-state index contributed by atoms with van der Waals surface area (Å²) in [7, 11) is 0. The number of amides is 2. The Morgan fingerprint density at radius 3 is 2.25 bits per heavy atom. The Morgan fingerprint density at radius 1 is 0.875 bits per heavy atom. The molecule has 0 aliphatic carbocycles. The van der Waals surface area contributed by atoms with Crippen LogP contribution in [0.1, 0.15) is 26.3 Å². The summed E-state index contributed by atoms with van der Waals surface area (Å²) in [6.45, 7) is 2.00. The van der Waals surface area contributed by atoms with E-state index in [1.165, 1.54) is 0 Å². The summed E-state index contributed by atoms with van der Waals surface area (Å²) in [5.74, 6) is 5.85. The third-order valence-electron chi connectivity index (χ3n) is 4.15. The lowest BCUT2D eigenvalue weighted by molar-refractivity contribution is 0.0610. The first-order chi connectivity index (χ1) is 11.6. The smallest absolute Gasteiger partial charge is 0.275 e. The van der Waals surface area contributed by atoms with E-state index >= 15 is 0 Å². The van der Waals surface area contributed by atoms with Crippen molar-refractivity contribution in [1.29, 1.82) is 0 Å². The zero-order valence-electron chi connectivity index (χ0n) is 12.9. The van der Waals surface area contributed by atoms with Gasteiger partial charge in [0, 0.05) is 10.8 Å². The molecule has 1 aliphatic heterocycles. The van der Waals surface area contributed by atoms with E-state index in [1.54, 1.807) is 24.3 Å². The Hall–Kier alpha value is -3.18. The van der Waals surface area contributed by atoms with Gasteiger partial charge >= 0.3 is 0 Å². The summed E-state index contributed by atoms with van der Waals surface area (Å²) in [6, 6.07) is 16.3. The zero-order valence-corrected chi connectivity index (χ0v) is 12.9. The van der Waals surface area contributed by atoms with Crippen LogP contribution in [0.2, 0.25) is 0 Å². The molecular formula is C19H14N2O3. The van der Waals surface area contributed by atoms with Crippen LogP contribution < -0.4 is 10.6 Å². The number of rotatable bonds is 2. The number of carbonyl (C=O) groups excluding carboxylic acids is 2. The van der Waals surface area contributed by atoms with E-state index in [-0.39, 0.29) is 0 Å². The summed E-state index contributed by atoms with van der Waals surface area (Å²) >= 11 is 0. The van der Waals surface area contributed by atoms with Crippen molar-refractivity contribution in [3.05, 3.63) is 71.3 Å². The van der Waals surface area contributed by atoms with Crippen LogP contribution >= 0.6 is 0 Å². The van der Waals surface area contributed by atoms with Gasteiger partial charge < -0.3 is 4.74 Å². The molecule has 1 aliphatic rings. The van der Waals surface area contributed by atoms with Crippen molar-refractivity contribution >= 4 is 22.6 Å². The molecule has 0 bridgehead atoms. The van der Waals surface area contributed by atoms with E-state index in [2.05, 4.69) is 0 Å². The number of hydrogen-bond donors (Lipinski definition) is 1. The summed E-state index contributed by atoms with van der Waals surface area (Å²) in [6.07, 6.45) is 0. The highest BCUT2D eigenvalue weighted by molar-refractivity contribution is 6.25. The van der Waals surface area contributed by atoms with E-state index in [0.717, 1.165) is 5.56 Å². The Kier molecular flexibility index (Phi) is 3.11. The molecule has 5 heteroatoms. The normalized spacial score (nSPS) is 13.5. The molecule has 0 fully saturated rings. The molecule has 4 rings (SSSR count). The van der Waals surface area contributed by atoms with E-state index in [1.807, 2.05) is 37.3 Å². The van der Waals surface area contributed by atoms with Gasteiger partial charge in [0.15, 0.2) is 0 Å². The molecule has 2 amide bonds. The largest absolute Gasteiger partial charge is 0.457 e. The highest BCUT2D eigenvalue weighted by atomic mass is 16.5. The number of aryl methyl sites for hydroxylation is 1. The third kappa shape index (κ3) is 2.06. The maximum Gasteiger partial charge on any atom is 0.275 e. The highest BCUT2D eigenvalue weighted by Crippen LogP contribution is 2.36. The van der Waals surface area contributed by atoms with Crippen molar-refractivity contribution < 1.29 is 14.3 Å². The molecule has 0 saturated heterocycles. The molecule has 0 spiro atoms. The predicted molar refractivity (Wildman–Crippen MR) is 89.9 cm³/mol. The van der Waals surface area contributed by atoms with Crippen molar-refractivity contribution in [2.24, 2.45) is 5.84 Å². The number of carbonyl (C=O) groups is 2. The van der Waals surface area contributed by atoms with Crippen molar-refractivity contribution in [1.82, 2.24) is 5.01 Å². The molecule has 0 unspecified atom stereocenters. The number of nitrogens with two attached hydrogens (primary N) is 1. The molecule has 1 heterocycles. The van der Waals surface area contributed by atoms with Gasteiger partial charge in [-0.3, -0.25) is 9.59 Å². The van der Waals surface area contributed by atoms with Crippen LogP contribution in [0.25, 0.3) is 10.8 Å². The van der Waals surface area contributed by atoms with Gasteiger partial charge in [0.2, 0.25) is 0 Å². The van der Waals surface area contributed by atoms with E-state index in [0.29, 0.717) is 38.4 Å². The molecule has 0 atom stereocenters. The van der Waals surface area contributed by atoms with E-state index in [9.17, 15) is 9.59 Å². The second kappa shape index (κ2) is 5.18. The lowest BCUT2D eigenvalue weighted by Gasteiger charge is -2.23. The molecule has 0 saturated carbocycles. The minimum absolute atomic E-state index is 0.402. The summed E-state index contributed by atoms with van der Waals surface area (Å²) < 4.78 is 5.96. The molecule has 24 heavy (non-hydrogen) atoms. The predicted octanol–water partition coefficient (Wildman–Crippen LogP) is 3.41. The van der Waals surface area contributed by atoms with E-state index in [4.69, 9.17) is 10.6 Å². The lowest BCUT2D eigenvalue weighted by atomic mass is 9.94. The van der Waals surface area contributed by atoms with Crippen LogP contribution in [0.4, 0.5) is 0 Å². The zero-order chi connectivity index (χ0) is 16.8. The second-order valence-electron chi connectivity index (χ2n) is 5.73. The number of ether oxygens (including phenoxy) is 1. The van der Waals surface area contributed by atoms with Crippen molar-refractivity contribution in [2.45, 2.75) is 6.92 Å². The summed E-state index contributed by atoms with van der Waals surface area (Å²) in [5, 5.41) is 1.94. The van der Waals surface area contributed by atoms with E-state index < -0.39 is 11.8 Å². The average molecular weight is 318 g/mol. The number of hydrazine groups is 1. The van der Waals surface area contributed by atoms with Gasteiger partial charge in [0.1, 0.15) is 11.5 Å². The fourth-order valence-electron chi connectivity index (χ4n) is 2.91. The Balaban J connectivity index is 1.90. The molecule has 2 N–H and O–H groups in total. The van der Waals surface area contributed by atoms with Gasteiger partial charge in [0.05, 0.1) is 11.1 Å². The first-order valence-corrected chi connectivity index (χ1v) is 7.50. The molecule has 3 aromatic rings. The van der Waals surface area contributed by atoms with Gasteiger partial charge in [-0.05, 0) is 37.3 Å². The average Bonchev–Trinajstić information content (AvgIpc) is 2.60. The van der Waals surface area contributed by atoms with Crippen LogP contribution in [0.5, 0.6) is 11.5 Å². The first kappa shape index (κ1) is 14.4. The third-order valence-corrected chi connectivity index (χ3v) is 4.15. The van der Waals surface area contributed by atoms with Crippen molar-refractivity contribution in [2.75, 3.05) is 0 Å². The minimum Gasteiger partial charge on any atom is -0.457 e. The number of hydrogen-bond acceptors (Lipinski definition) is 4. The number of imide groups is 1. The van der Waals surface area contributed by atoms with Crippen molar-refractivity contribution in [3.63, 3.8) is 0 Å². The standard InChI is InChI=1S/C19H14N2O3/c1-11-5-7-12(8-6-11)24-16-10-9-15-17-13(16)3-2-4-14(17)18(22)21(20)19(15)23/h2-10H,20H2,1H3. The number of benzene rings is 3. The summed E-state index contributed by atoms with van der Waals surface area (Å²) in [4.78, 5) is 24.5. The van der Waals surface area contributed by atoms with Gasteiger partial charge in [-0.25, -0.2) is 10.9 Å². The van der Waals surface area contributed by atoms with Crippen LogP contribution in [0, 0.1) is 6.92 Å². The Labute approximate surface area is 138 Å². The van der Waals surface area contributed by atoms with Crippen LogP contribution in [-0.2, 0) is 0 Å². The summed E-state index contributed by atoms with van der Waals surface area (Å²) in [5.41, 5.74) is 1.94. The van der Waals surface area contributed by atoms with Crippen LogP contribution in [0.3, 0.4) is 0 Å². The fraction of sp³-hybridized carbons (Fsp3) is 0.0526. The molecule has 5 nitrogen and oxygen atoms in total. The van der Waals surface area contributed by atoms with Gasteiger partial charge in [0.25, 0.3) is 11.8 Å². The maximum absolute atomic E-state index is 12.3. The Bertz CT molecular complexity index is 971. The Morgan fingerprint density at radius 2 is 1.54 bits per heavy atom. The molecular weight excluding hydrogens is 304 g/mol. The first-order valence-electron chi connectivity index (χ1n) is 7.50. The minimum atomic E-state index is -0.509. The molecule has 0 radical (unpaired) electrons. The van der Waals surface area contributed by atoms with Crippen LogP contribution in [-0.4, -0.2) is 16.8 Å². The van der Waals surface area contributed by atoms with Crippen LogP contribution in [0.15, 0.2) is 54.6 Å². The van der Waals surface area contributed by atoms with Gasteiger partial charge in [-0.1, -0.05) is 29.8 Å². The molecule has 0 aromatic heterocycles. The lowest BCUT2D eigenvalue weighted by Crippen LogP contribution is -2.45. The SMILES string of the molecule is Cc1ccc(Oc2ccc3c4c(cccc24)C(=O)N(N)C3=O)cc1. The van der Waals surface area contributed by atoms with Gasteiger partial charge in [-0.15, -0.1) is 0 Å². The fourth-order valence-corrected chi connectivity index (χ4v) is 2.91. The maximum atomic E-state index is 12.3.